The number of fused-ring (bicyclic) bond motifs is 1. The van der Waals surface area contributed by atoms with Gasteiger partial charge in [-0.3, -0.25) is 14.9 Å². The molecule has 0 aliphatic heterocycles. The molecule has 1 heterocycles. The van der Waals surface area contributed by atoms with Gasteiger partial charge in [-0.25, -0.2) is 0 Å². The smallest absolute Gasteiger partial charge is 0.297 e. The van der Waals surface area contributed by atoms with Crippen LogP contribution in [0.3, 0.4) is 0 Å². The fourth-order valence-electron chi connectivity index (χ4n) is 2.99. The van der Waals surface area contributed by atoms with Crippen molar-refractivity contribution in [1.29, 1.82) is 0 Å². The number of ether oxygens (including phenoxy) is 1. The monoisotopic (exact) mass is 348 g/mol. The normalized spacial score (nSPS) is 11.0. The first-order valence-corrected chi connectivity index (χ1v) is 8.59. The van der Waals surface area contributed by atoms with Crippen LogP contribution in [0.15, 0.2) is 23.0 Å². The van der Waals surface area contributed by atoms with Crippen molar-refractivity contribution in [3.05, 3.63) is 38.7 Å². The quantitative estimate of drug-likeness (QED) is 0.420. The maximum absolute atomic E-state index is 12.5. The molecule has 0 unspecified atom stereocenters. The number of nitro benzene ring substituents is 1. The van der Waals surface area contributed by atoms with Crippen LogP contribution < -0.4 is 10.3 Å². The Balaban J connectivity index is 2.39. The van der Waals surface area contributed by atoms with E-state index in [2.05, 4.69) is 6.92 Å². The van der Waals surface area contributed by atoms with E-state index >= 15 is 0 Å². The van der Waals surface area contributed by atoms with Gasteiger partial charge in [0, 0.05) is 24.1 Å². The number of benzene rings is 1. The Kier molecular flexibility index (Phi) is 6.38. The summed E-state index contributed by atoms with van der Waals surface area (Å²) >= 11 is 0. The zero-order valence-corrected chi connectivity index (χ0v) is 14.7. The lowest BCUT2D eigenvalue weighted by atomic mass is 10.1. The van der Waals surface area contributed by atoms with E-state index in [1.54, 1.807) is 0 Å². The molecular formula is C18H24N2O5. The molecule has 0 aliphatic rings. The Labute approximate surface area is 146 Å². The number of methoxy groups -OCH3 is 1. The van der Waals surface area contributed by atoms with E-state index in [0.29, 0.717) is 17.4 Å². The van der Waals surface area contributed by atoms with Crippen LogP contribution in [0.5, 0.6) is 11.5 Å². The minimum atomic E-state index is -0.585. The van der Waals surface area contributed by atoms with Crippen molar-refractivity contribution in [1.82, 2.24) is 4.57 Å². The SMILES string of the molecule is CCCCCCCCn1c(=O)c(O)c(OC)c2ccc([N+](=O)[O-])cc21. The number of pyridine rings is 1. The Morgan fingerprint density at radius 2 is 1.88 bits per heavy atom. The number of aromatic nitrogens is 1. The van der Waals surface area contributed by atoms with Gasteiger partial charge < -0.3 is 14.4 Å². The van der Waals surface area contributed by atoms with Crippen molar-refractivity contribution in [2.75, 3.05) is 7.11 Å². The first kappa shape index (κ1) is 18.8. The second-order valence-corrected chi connectivity index (χ2v) is 6.06. The second-order valence-electron chi connectivity index (χ2n) is 6.06. The second kappa shape index (κ2) is 8.50. The summed E-state index contributed by atoms with van der Waals surface area (Å²) in [7, 11) is 1.35. The molecule has 7 heteroatoms. The number of hydrogen-bond acceptors (Lipinski definition) is 5. The zero-order chi connectivity index (χ0) is 18.4. The fourth-order valence-corrected chi connectivity index (χ4v) is 2.99. The van der Waals surface area contributed by atoms with Crippen LogP contribution in [0.4, 0.5) is 5.69 Å². The molecule has 0 fully saturated rings. The number of unbranched alkanes of at least 4 members (excludes halogenated alkanes) is 5. The molecule has 7 nitrogen and oxygen atoms in total. The van der Waals surface area contributed by atoms with Crippen molar-refractivity contribution in [3.63, 3.8) is 0 Å². The predicted octanol–water partition coefficient (Wildman–Crippen LogP) is 3.98. The average Bonchev–Trinajstić information content (AvgIpc) is 2.60. The lowest BCUT2D eigenvalue weighted by molar-refractivity contribution is -0.384. The lowest BCUT2D eigenvalue weighted by Gasteiger charge is -2.14. The van der Waals surface area contributed by atoms with Crippen LogP contribution in [0.2, 0.25) is 0 Å². The summed E-state index contributed by atoms with van der Waals surface area (Å²) in [6, 6.07) is 4.20. The van der Waals surface area contributed by atoms with Crippen molar-refractivity contribution >= 4 is 16.6 Å². The van der Waals surface area contributed by atoms with Gasteiger partial charge in [0.2, 0.25) is 5.75 Å². The maximum Gasteiger partial charge on any atom is 0.297 e. The summed E-state index contributed by atoms with van der Waals surface area (Å²) in [5, 5.41) is 21.7. The summed E-state index contributed by atoms with van der Waals surface area (Å²) in [5.74, 6) is -0.413. The van der Waals surface area contributed by atoms with Crippen LogP contribution in [-0.4, -0.2) is 21.7 Å². The van der Waals surface area contributed by atoms with Gasteiger partial charge in [0.05, 0.1) is 17.5 Å². The third-order valence-corrected chi connectivity index (χ3v) is 4.33. The molecule has 0 amide bonds. The standard InChI is InChI=1S/C18H24N2O5/c1-3-4-5-6-7-8-11-19-15-12-13(20(23)24)9-10-14(15)17(25-2)16(21)18(19)22/h9-10,12,21H,3-8,11H2,1-2H3. The van der Waals surface area contributed by atoms with E-state index in [9.17, 15) is 20.0 Å². The highest BCUT2D eigenvalue weighted by Gasteiger charge is 2.19. The van der Waals surface area contributed by atoms with Crippen LogP contribution in [0.1, 0.15) is 45.4 Å². The summed E-state index contributed by atoms with van der Waals surface area (Å²) in [5.41, 5.74) is -0.280. The highest BCUT2D eigenvalue weighted by Crippen LogP contribution is 2.33. The molecule has 136 valence electrons. The highest BCUT2D eigenvalue weighted by molar-refractivity contribution is 5.89. The average molecular weight is 348 g/mol. The van der Waals surface area contributed by atoms with Gasteiger partial charge in [-0.2, -0.15) is 0 Å². The van der Waals surface area contributed by atoms with Gasteiger partial charge in [0.1, 0.15) is 0 Å². The molecule has 0 saturated carbocycles. The number of aryl methyl sites for hydroxylation is 1. The summed E-state index contributed by atoms with van der Waals surface area (Å²) in [6.45, 7) is 2.55. The van der Waals surface area contributed by atoms with E-state index in [1.807, 2.05) is 0 Å². The number of rotatable bonds is 9. The molecular weight excluding hydrogens is 324 g/mol. The van der Waals surface area contributed by atoms with Crippen molar-refractivity contribution < 1.29 is 14.8 Å². The van der Waals surface area contributed by atoms with Gasteiger partial charge in [-0.1, -0.05) is 39.0 Å². The number of hydrogen-bond donors (Lipinski definition) is 1. The van der Waals surface area contributed by atoms with Gasteiger partial charge >= 0.3 is 0 Å². The van der Waals surface area contributed by atoms with Crippen molar-refractivity contribution in [3.8, 4) is 11.5 Å². The van der Waals surface area contributed by atoms with Crippen LogP contribution in [0, 0.1) is 10.1 Å². The topological polar surface area (TPSA) is 94.6 Å². The van der Waals surface area contributed by atoms with Crippen LogP contribution in [0.25, 0.3) is 10.9 Å². The molecule has 1 N–H and O–H groups in total. The van der Waals surface area contributed by atoms with E-state index < -0.39 is 16.2 Å². The fraction of sp³-hybridized carbons (Fsp3) is 0.500. The Hall–Kier alpha value is -2.57. The first-order chi connectivity index (χ1) is 12.0. The third kappa shape index (κ3) is 4.10. The maximum atomic E-state index is 12.5. The van der Waals surface area contributed by atoms with Gasteiger partial charge in [-0.05, 0) is 12.5 Å². The molecule has 1 aromatic carbocycles. The number of non-ortho nitro benzene ring substituents is 1. The molecule has 2 rings (SSSR count). The molecule has 0 radical (unpaired) electrons. The van der Waals surface area contributed by atoms with E-state index in [1.165, 1.54) is 42.7 Å². The minimum Gasteiger partial charge on any atom is -0.500 e. The molecule has 0 spiro atoms. The number of nitro groups is 1. The highest BCUT2D eigenvalue weighted by atomic mass is 16.6. The van der Waals surface area contributed by atoms with Gasteiger partial charge in [0.15, 0.2) is 5.75 Å². The summed E-state index contributed by atoms with van der Waals surface area (Å²) < 4.78 is 6.53. The van der Waals surface area contributed by atoms with Gasteiger partial charge in [0.25, 0.3) is 11.2 Å². The first-order valence-electron chi connectivity index (χ1n) is 8.59. The van der Waals surface area contributed by atoms with E-state index in [-0.39, 0.29) is 11.4 Å². The van der Waals surface area contributed by atoms with Crippen LogP contribution in [-0.2, 0) is 6.54 Å². The Morgan fingerprint density at radius 1 is 1.20 bits per heavy atom. The number of nitrogens with zero attached hydrogens (tertiary/aromatic N) is 2. The third-order valence-electron chi connectivity index (χ3n) is 4.33. The Morgan fingerprint density at radius 3 is 2.52 bits per heavy atom. The van der Waals surface area contributed by atoms with Gasteiger partial charge in [-0.15, -0.1) is 0 Å². The summed E-state index contributed by atoms with van der Waals surface area (Å²) in [6.07, 6.45) is 6.34. The molecule has 25 heavy (non-hydrogen) atoms. The molecule has 0 bridgehead atoms. The molecule has 0 atom stereocenters. The van der Waals surface area contributed by atoms with Crippen molar-refractivity contribution in [2.24, 2.45) is 0 Å². The van der Waals surface area contributed by atoms with Crippen molar-refractivity contribution in [2.45, 2.75) is 52.0 Å². The van der Waals surface area contributed by atoms with E-state index in [4.69, 9.17) is 4.74 Å². The van der Waals surface area contributed by atoms with E-state index in [0.717, 1.165) is 25.7 Å². The molecule has 0 aliphatic carbocycles. The zero-order valence-electron chi connectivity index (χ0n) is 14.7. The molecule has 0 saturated heterocycles. The van der Waals surface area contributed by atoms with Crippen LogP contribution >= 0.6 is 0 Å². The number of aromatic hydroxyl groups is 1. The molecule has 2 aromatic rings. The molecule has 1 aromatic heterocycles. The lowest BCUT2D eigenvalue weighted by Crippen LogP contribution is -2.21. The summed E-state index contributed by atoms with van der Waals surface area (Å²) in [4.78, 5) is 23.0. The largest absolute Gasteiger partial charge is 0.500 e. The minimum absolute atomic E-state index is 0.0501. The predicted molar refractivity (Wildman–Crippen MR) is 96.5 cm³/mol. The Bertz CT molecular complexity index is 813.